The Hall–Kier alpha value is -2.65. The van der Waals surface area contributed by atoms with Gasteiger partial charge in [0.2, 0.25) is 11.8 Å². The van der Waals surface area contributed by atoms with Crippen LogP contribution in [0.5, 0.6) is 5.75 Å². The lowest BCUT2D eigenvalue weighted by molar-refractivity contribution is -0.144. The molecule has 9 nitrogen and oxygen atoms in total. The molecule has 1 aromatic rings. The molecule has 1 heterocycles. The quantitative estimate of drug-likeness (QED) is 0.539. The van der Waals surface area contributed by atoms with E-state index >= 15 is 0 Å². The number of amides is 2. The molecule has 28 heavy (non-hydrogen) atoms. The molecule has 2 rings (SSSR count). The first-order valence-electron chi connectivity index (χ1n) is 9.21. The Kier molecular flexibility index (Phi) is 7.77. The fraction of sp³-hybridized carbons (Fsp3) is 0.526. The summed E-state index contributed by atoms with van der Waals surface area (Å²) in [5, 5.41) is 21.4. The zero-order valence-corrected chi connectivity index (χ0v) is 16.3. The van der Waals surface area contributed by atoms with Gasteiger partial charge in [-0.05, 0) is 24.3 Å². The number of nitrogens with one attached hydrogen (secondary N) is 1. The van der Waals surface area contributed by atoms with Crippen LogP contribution in [0.2, 0.25) is 0 Å². The lowest BCUT2D eigenvalue weighted by atomic mass is 10.0. The van der Waals surface area contributed by atoms with E-state index in [0.717, 1.165) is 0 Å². The normalized spacial score (nSPS) is 16.4. The van der Waals surface area contributed by atoms with Gasteiger partial charge in [0.05, 0.1) is 12.5 Å². The third-order valence-electron chi connectivity index (χ3n) is 4.73. The van der Waals surface area contributed by atoms with Gasteiger partial charge in [0.1, 0.15) is 5.75 Å². The van der Waals surface area contributed by atoms with E-state index in [1.54, 1.807) is 31.1 Å². The Balaban J connectivity index is 1.81. The molecule has 1 aliphatic heterocycles. The molecule has 9 heteroatoms. The molecule has 0 radical (unpaired) electrons. The van der Waals surface area contributed by atoms with E-state index in [0.29, 0.717) is 38.4 Å². The summed E-state index contributed by atoms with van der Waals surface area (Å²) in [4.78, 5) is 41.2. The van der Waals surface area contributed by atoms with Crippen LogP contribution in [0.3, 0.4) is 0 Å². The molecule has 0 unspecified atom stereocenters. The number of aromatic hydroxyl groups is 1. The smallest absolute Gasteiger partial charge is 0.308 e. The number of carbonyl (C=O) groups is 3. The van der Waals surface area contributed by atoms with Crippen molar-refractivity contribution in [2.24, 2.45) is 5.92 Å². The molecular weight excluding hydrogens is 364 g/mol. The molecule has 154 valence electrons. The fourth-order valence-corrected chi connectivity index (χ4v) is 2.98. The molecule has 1 aromatic carbocycles. The minimum absolute atomic E-state index is 0.0442. The number of carboxylic acids is 1. The number of aliphatic carboxylic acids is 1. The Bertz CT molecular complexity index is 684. The molecule has 0 aromatic heterocycles. The summed E-state index contributed by atoms with van der Waals surface area (Å²) in [5.41, 5.74) is 0.506. The summed E-state index contributed by atoms with van der Waals surface area (Å²) in [6.45, 7) is 3.33. The highest BCUT2D eigenvalue weighted by Gasteiger charge is 2.27. The number of hydrogen-bond donors (Lipinski definition) is 3. The van der Waals surface area contributed by atoms with Crippen LogP contribution >= 0.6 is 0 Å². The largest absolute Gasteiger partial charge is 0.508 e. The third-order valence-corrected chi connectivity index (χ3v) is 4.73. The number of anilines is 1. The summed E-state index contributed by atoms with van der Waals surface area (Å²) >= 11 is 0. The summed E-state index contributed by atoms with van der Waals surface area (Å²) in [6, 6.07) is 6.00. The van der Waals surface area contributed by atoms with E-state index in [9.17, 15) is 24.6 Å². The number of piperazine rings is 1. The molecule has 1 saturated heterocycles. The van der Waals surface area contributed by atoms with Gasteiger partial charge in [-0.15, -0.1) is 0 Å². The second-order valence-electron chi connectivity index (χ2n) is 7.20. The van der Waals surface area contributed by atoms with Crippen LogP contribution in [0.4, 0.5) is 5.69 Å². The maximum absolute atomic E-state index is 12.2. The fourth-order valence-electron chi connectivity index (χ4n) is 2.98. The van der Waals surface area contributed by atoms with E-state index in [1.807, 2.05) is 9.80 Å². The molecule has 3 N–H and O–H groups in total. The van der Waals surface area contributed by atoms with Crippen LogP contribution in [0.15, 0.2) is 24.3 Å². The molecular formula is C19H28N4O5. The van der Waals surface area contributed by atoms with E-state index in [2.05, 4.69) is 5.32 Å². The van der Waals surface area contributed by atoms with Gasteiger partial charge in [0.25, 0.3) is 0 Å². The van der Waals surface area contributed by atoms with Crippen LogP contribution in [-0.4, -0.2) is 96.1 Å². The molecule has 0 bridgehead atoms. The van der Waals surface area contributed by atoms with Gasteiger partial charge in [-0.25, -0.2) is 0 Å². The second kappa shape index (κ2) is 10.0. The Morgan fingerprint density at radius 1 is 1.07 bits per heavy atom. The number of carbonyl (C=O) groups excluding carboxylic acids is 2. The first kappa shape index (κ1) is 21.6. The number of carboxylic acid groups (broad SMARTS) is 1. The van der Waals surface area contributed by atoms with E-state index in [1.165, 1.54) is 12.1 Å². The number of hydrogen-bond acceptors (Lipinski definition) is 6. The number of benzene rings is 1. The number of phenolic OH excluding ortho intramolecular Hbond substituents is 1. The lowest BCUT2D eigenvalue weighted by Crippen LogP contribution is -2.50. The molecule has 2 amide bonds. The summed E-state index contributed by atoms with van der Waals surface area (Å²) < 4.78 is 0. The highest BCUT2D eigenvalue weighted by atomic mass is 16.4. The summed E-state index contributed by atoms with van der Waals surface area (Å²) in [7, 11) is 3.44. The van der Waals surface area contributed by atoms with Gasteiger partial charge in [0, 0.05) is 58.9 Å². The van der Waals surface area contributed by atoms with Crippen LogP contribution in [0.25, 0.3) is 0 Å². The van der Waals surface area contributed by atoms with Crippen molar-refractivity contribution in [1.82, 2.24) is 14.7 Å². The Morgan fingerprint density at radius 2 is 1.64 bits per heavy atom. The topological polar surface area (TPSA) is 113 Å². The maximum Gasteiger partial charge on any atom is 0.308 e. The number of nitrogens with zero attached hydrogens (tertiary/aromatic N) is 3. The van der Waals surface area contributed by atoms with Crippen molar-refractivity contribution in [3.8, 4) is 5.75 Å². The average molecular weight is 392 g/mol. The summed E-state index contributed by atoms with van der Waals surface area (Å²) in [6.07, 6.45) is -0.129. The summed E-state index contributed by atoms with van der Waals surface area (Å²) in [5.74, 6) is -2.07. The average Bonchev–Trinajstić information content (AvgIpc) is 2.64. The van der Waals surface area contributed by atoms with Crippen LogP contribution in [0, 0.1) is 5.92 Å². The Labute approximate surface area is 164 Å². The van der Waals surface area contributed by atoms with Crippen molar-refractivity contribution < 1.29 is 24.6 Å². The molecule has 0 saturated carbocycles. The van der Waals surface area contributed by atoms with Gasteiger partial charge in [-0.2, -0.15) is 0 Å². The lowest BCUT2D eigenvalue weighted by Gasteiger charge is -2.35. The van der Waals surface area contributed by atoms with Crippen LogP contribution in [0.1, 0.15) is 6.42 Å². The van der Waals surface area contributed by atoms with Gasteiger partial charge in [-0.1, -0.05) is 0 Å². The first-order valence-corrected chi connectivity index (χ1v) is 9.21. The van der Waals surface area contributed by atoms with Crippen molar-refractivity contribution in [3.63, 3.8) is 0 Å². The van der Waals surface area contributed by atoms with E-state index in [-0.39, 0.29) is 30.5 Å². The maximum atomic E-state index is 12.2. The highest BCUT2D eigenvalue weighted by molar-refractivity contribution is 5.93. The molecule has 0 aliphatic carbocycles. The van der Waals surface area contributed by atoms with E-state index < -0.39 is 11.9 Å². The van der Waals surface area contributed by atoms with Crippen LogP contribution < -0.4 is 5.32 Å². The SMILES string of the molecule is CN(C)C(=O)CN1CCN(C[C@@H](CC(=O)Nc2ccc(O)cc2)C(=O)O)CC1. The van der Waals surface area contributed by atoms with E-state index in [4.69, 9.17) is 0 Å². The monoisotopic (exact) mass is 392 g/mol. The molecule has 1 atom stereocenters. The number of likely N-dealkylation sites (N-methyl/N-ethyl adjacent to an activating group) is 1. The van der Waals surface area contributed by atoms with Crippen molar-refractivity contribution in [2.45, 2.75) is 6.42 Å². The predicted molar refractivity (Wildman–Crippen MR) is 104 cm³/mol. The Morgan fingerprint density at radius 3 is 2.18 bits per heavy atom. The number of phenols is 1. The van der Waals surface area contributed by atoms with Crippen molar-refractivity contribution in [3.05, 3.63) is 24.3 Å². The first-order chi connectivity index (χ1) is 13.2. The molecule has 0 spiro atoms. The van der Waals surface area contributed by atoms with Crippen molar-refractivity contribution >= 4 is 23.5 Å². The minimum atomic E-state index is -1.01. The third kappa shape index (κ3) is 6.82. The highest BCUT2D eigenvalue weighted by Crippen LogP contribution is 2.16. The minimum Gasteiger partial charge on any atom is -0.508 e. The van der Waals surface area contributed by atoms with Crippen LogP contribution in [-0.2, 0) is 14.4 Å². The van der Waals surface area contributed by atoms with Gasteiger partial charge in [-0.3, -0.25) is 24.2 Å². The van der Waals surface area contributed by atoms with Gasteiger partial charge in [0.15, 0.2) is 0 Å². The van der Waals surface area contributed by atoms with Crippen molar-refractivity contribution in [1.29, 1.82) is 0 Å². The molecule has 1 fully saturated rings. The standard InChI is InChI=1S/C19H28N4O5/c1-21(2)18(26)13-23-9-7-22(8-10-23)12-14(19(27)28)11-17(25)20-15-3-5-16(24)6-4-15/h3-6,14,24H,7-13H2,1-2H3,(H,20,25)(H,27,28)/t14-/m1/s1. The van der Waals surface area contributed by atoms with Gasteiger partial charge >= 0.3 is 5.97 Å². The van der Waals surface area contributed by atoms with Crippen molar-refractivity contribution in [2.75, 3.05) is 58.7 Å². The predicted octanol–water partition coefficient (Wildman–Crippen LogP) is 0.127. The molecule has 1 aliphatic rings. The number of rotatable bonds is 8. The second-order valence-corrected chi connectivity index (χ2v) is 7.20. The zero-order chi connectivity index (χ0) is 20.7. The zero-order valence-electron chi connectivity index (χ0n) is 16.3. The van der Waals surface area contributed by atoms with Gasteiger partial charge < -0.3 is 20.4 Å².